The van der Waals surface area contributed by atoms with Gasteiger partial charge < -0.3 is 10.1 Å². The molecule has 1 aliphatic rings. The van der Waals surface area contributed by atoms with Gasteiger partial charge in [-0.3, -0.25) is 25.0 Å². The van der Waals surface area contributed by atoms with Gasteiger partial charge in [0.25, 0.3) is 17.7 Å². The van der Waals surface area contributed by atoms with E-state index in [0.717, 1.165) is 0 Å². The number of para-hydroxylation sites is 1. The highest BCUT2D eigenvalue weighted by atomic mass is 79.9. The van der Waals surface area contributed by atoms with E-state index in [4.69, 9.17) is 16.3 Å². The second-order valence-corrected chi connectivity index (χ2v) is 8.10. The van der Waals surface area contributed by atoms with Gasteiger partial charge in [0, 0.05) is 10.0 Å². The number of carbonyl (C=O) groups excluding carboxylic acids is 4. The zero-order valence-corrected chi connectivity index (χ0v) is 18.9. The first-order valence-corrected chi connectivity index (χ1v) is 10.3. The monoisotopic (exact) mass is 555 g/mol. The van der Waals surface area contributed by atoms with Crippen LogP contribution in [0.2, 0.25) is 5.02 Å². The molecule has 5 amide bonds. The van der Waals surface area contributed by atoms with Crippen LogP contribution in [0.25, 0.3) is 6.08 Å². The van der Waals surface area contributed by atoms with E-state index in [9.17, 15) is 19.2 Å². The minimum atomic E-state index is -0.898. The number of anilines is 1. The molecule has 0 bridgehead atoms. The van der Waals surface area contributed by atoms with Gasteiger partial charge in [-0.1, -0.05) is 39.7 Å². The third-order valence-electron chi connectivity index (χ3n) is 3.78. The number of nitrogens with one attached hydrogen (secondary N) is 3. The summed E-state index contributed by atoms with van der Waals surface area (Å²) in [5.41, 5.74) is 0.478. The summed E-state index contributed by atoms with van der Waals surface area (Å²) >= 11 is 12.7. The van der Waals surface area contributed by atoms with Crippen molar-refractivity contribution in [2.75, 3.05) is 11.9 Å². The second kappa shape index (κ2) is 9.41. The molecule has 3 N–H and O–H groups in total. The molecule has 0 unspecified atom stereocenters. The molecule has 0 spiro atoms. The molecule has 1 heterocycles. The molecular formula is C19H12Br2ClN3O5. The summed E-state index contributed by atoms with van der Waals surface area (Å²) < 4.78 is 6.73. The van der Waals surface area contributed by atoms with Crippen LogP contribution in [0.3, 0.4) is 0 Å². The molecule has 3 rings (SSSR count). The van der Waals surface area contributed by atoms with E-state index in [1.807, 2.05) is 10.6 Å². The summed E-state index contributed by atoms with van der Waals surface area (Å²) in [4.78, 5) is 47.5. The Morgan fingerprint density at radius 2 is 1.77 bits per heavy atom. The molecule has 154 valence electrons. The SMILES string of the molecule is O=C(COc1c(Br)cc(Br)cc1C=C1C(=O)NC(=O)NC1=O)Nc1ccccc1Cl. The van der Waals surface area contributed by atoms with Crippen LogP contribution in [0.4, 0.5) is 10.5 Å². The number of halogens is 3. The number of ether oxygens (including phenoxy) is 1. The van der Waals surface area contributed by atoms with Crippen molar-refractivity contribution in [2.45, 2.75) is 0 Å². The van der Waals surface area contributed by atoms with Gasteiger partial charge >= 0.3 is 6.03 Å². The average Bonchev–Trinajstić information content (AvgIpc) is 2.65. The van der Waals surface area contributed by atoms with Crippen molar-refractivity contribution in [1.82, 2.24) is 10.6 Å². The largest absolute Gasteiger partial charge is 0.482 e. The number of benzene rings is 2. The van der Waals surface area contributed by atoms with Gasteiger partial charge in [0.2, 0.25) is 0 Å². The van der Waals surface area contributed by atoms with Gasteiger partial charge in [-0.05, 0) is 46.3 Å². The number of hydrogen-bond donors (Lipinski definition) is 3. The maximum absolute atomic E-state index is 12.3. The molecule has 8 nitrogen and oxygen atoms in total. The lowest BCUT2D eigenvalue weighted by atomic mass is 10.1. The summed E-state index contributed by atoms with van der Waals surface area (Å²) in [5.74, 6) is -1.93. The molecule has 1 aliphatic heterocycles. The van der Waals surface area contributed by atoms with Gasteiger partial charge in [0.15, 0.2) is 6.61 Å². The quantitative estimate of drug-likeness (QED) is 0.384. The third-order valence-corrected chi connectivity index (χ3v) is 5.15. The topological polar surface area (TPSA) is 114 Å². The lowest BCUT2D eigenvalue weighted by molar-refractivity contribution is -0.124. The number of imide groups is 2. The molecule has 1 saturated heterocycles. The van der Waals surface area contributed by atoms with Gasteiger partial charge in [-0.15, -0.1) is 0 Å². The van der Waals surface area contributed by atoms with Crippen molar-refractivity contribution in [3.8, 4) is 5.75 Å². The highest BCUT2D eigenvalue weighted by molar-refractivity contribution is 9.11. The molecule has 11 heteroatoms. The molecule has 0 aromatic heterocycles. The molecule has 1 fully saturated rings. The minimum Gasteiger partial charge on any atom is -0.482 e. The van der Waals surface area contributed by atoms with Crippen molar-refractivity contribution < 1.29 is 23.9 Å². The average molecular weight is 558 g/mol. The first-order chi connectivity index (χ1) is 14.2. The number of amides is 5. The van der Waals surface area contributed by atoms with Crippen molar-refractivity contribution in [2.24, 2.45) is 0 Å². The summed E-state index contributed by atoms with van der Waals surface area (Å²) in [5, 5.41) is 6.99. The van der Waals surface area contributed by atoms with E-state index in [2.05, 4.69) is 37.2 Å². The first kappa shape index (κ1) is 22.0. The van der Waals surface area contributed by atoms with Crippen molar-refractivity contribution in [3.63, 3.8) is 0 Å². The van der Waals surface area contributed by atoms with E-state index in [0.29, 0.717) is 25.2 Å². The van der Waals surface area contributed by atoms with Crippen LogP contribution in [0, 0.1) is 0 Å². The van der Waals surface area contributed by atoms with E-state index in [1.165, 1.54) is 6.08 Å². The Bertz CT molecular complexity index is 1080. The summed E-state index contributed by atoms with van der Waals surface area (Å²) in [6.07, 6.45) is 1.26. The molecule has 0 atom stereocenters. The Labute approximate surface area is 192 Å². The minimum absolute atomic E-state index is 0.220. The fourth-order valence-electron chi connectivity index (χ4n) is 2.49. The molecule has 2 aromatic carbocycles. The molecule has 0 radical (unpaired) electrons. The Morgan fingerprint density at radius 3 is 2.43 bits per heavy atom. The van der Waals surface area contributed by atoms with E-state index in [1.54, 1.807) is 36.4 Å². The molecular weight excluding hydrogens is 545 g/mol. The van der Waals surface area contributed by atoms with Crippen LogP contribution in [0.15, 0.2) is 50.9 Å². The van der Waals surface area contributed by atoms with Crippen molar-refractivity contribution in [1.29, 1.82) is 0 Å². The Hall–Kier alpha value is -2.69. The van der Waals surface area contributed by atoms with Crippen LogP contribution in [-0.2, 0) is 14.4 Å². The van der Waals surface area contributed by atoms with Gasteiger partial charge in [0.1, 0.15) is 11.3 Å². The zero-order chi connectivity index (χ0) is 21.8. The van der Waals surface area contributed by atoms with Crippen LogP contribution >= 0.6 is 43.5 Å². The third kappa shape index (κ3) is 5.26. The highest BCUT2D eigenvalue weighted by Crippen LogP contribution is 2.34. The fraction of sp³-hybridized carbons (Fsp3) is 0.0526. The standard InChI is InChI=1S/C19H12Br2ClN3O5/c20-10-5-9(6-11-17(27)24-19(29)25-18(11)28)16(12(21)7-10)30-8-15(26)23-14-4-2-1-3-13(14)22/h1-7H,8H2,(H,23,26)(H2,24,25,27,28,29). The number of barbiturate groups is 1. The van der Waals surface area contributed by atoms with Crippen LogP contribution in [0.1, 0.15) is 5.56 Å². The van der Waals surface area contributed by atoms with Crippen molar-refractivity contribution in [3.05, 3.63) is 61.5 Å². The fourth-order valence-corrected chi connectivity index (χ4v) is 4.04. The summed E-state index contributed by atoms with van der Waals surface area (Å²) in [6, 6.07) is 9.11. The number of urea groups is 1. The summed E-state index contributed by atoms with van der Waals surface area (Å²) in [6.45, 7) is -0.363. The molecule has 0 saturated carbocycles. The van der Waals surface area contributed by atoms with Crippen LogP contribution in [0.5, 0.6) is 5.75 Å². The lowest BCUT2D eigenvalue weighted by Crippen LogP contribution is -2.51. The number of rotatable bonds is 5. The first-order valence-electron chi connectivity index (χ1n) is 8.29. The Morgan fingerprint density at radius 1 is 1.10 bits per heavy atom. The molecule has 30 heavy (non-hydrogen) atoms. The number of carbonyl (C=O) groups is 4. The van der Waals surface area contributed by atoms with Crippen LogP contribution in [-0.4, -0.2) is 30.4 Å². The Balaban J connectivity index is 1.83. The van der Waals surface area contributed by atoms with Gasteiger partial charge in [0.05, 0.1) is 15.2 Å². The van der Waals surface area contributed by atoms with E-state index >= 15 is 0 Å². The van der Waals surface area contributed by atoms with E-state index in [-0.39, 0.29) is 17.9 Å². The molecule has 0 aliphatic carbocycles. The smallest absolute Gasteiger partial charge is 0.328 e. The maximum atomic E-state index is 12.3. The predicted molar refractivity (Wildman–Crippen MR) is 117 cm³/mol. The van der Waals surface area contributed by atoms with Gasteiger partial charge in [-0.2, -0.15) is 0 Å². The summed E-state index contributed by atoms with van der Waals surface area (Å²) in [7, 11) is 0. The Kier molecular flexibility index (Phi) is 6.91. The normalized spacial score (nSPS) is 13.4. The van der Waals surface area contributed by atoms with E-state index < -0.39 is 23.8 Å². The van der Waals surface area contributed by atoms with Gasteiger partial charge in [-0.25, -0.2) is 4.79 Å². The van der Waals surface area contributed by atoms with Crippen LogP contribution < -0.4 is 20.7 Å². The predicted octanol–water partition coefficient (Wildman–Crippen LogP) is 3.63. The second-order valence-electron chi connectivity index (χ2n) is 5.92. The lowest BCUT2D eigenvalue weighted by Gasteiger charge is -2.16. The molecule has 2 aromatic rings. The number of hydrogen-bond acceptors (Lipinski definition) is 5. The maximum Gasteiger partial charge on any atom is 0.328 e. The van der Waals surface area contributed by atoms with Crippen molar-refractivity contribution >= 4 is 79.0 Å². The highest BCUT2D eigenvalue weighted by Gasteiger charge is 2.28. The zero-order valence-electron chi connectivity index (χ0n) is 14.9.